The highest BCUT2D eigenvalue weighted by Gasteiger charge is 2.53. The number of rotatable bonds is 1. The van der Waals surface area contributed by atoms with Crippen molar-refractivity contribution in [3.8, 4) is 0 Å². The quantitative estimate of drug-likeness (QED) is 0.705. The van der Waals surface area contributed by atoms with Gasteiger partial charge in [-0.25, -0.2) is 0 Å². The average molecular weight is 216 g/mol. The lowest BCUT2D eigenvalue weighted by Gasteiger charge is -2.03. The number of alkyl halides is 3. The molecule has 0 N–H and O–H groups in total. The molecule has 82 valence electrons. The Morgan fingerprint density at radius 3 is 2.80 bits per heavy atom. The van der Waals surface area contributed by atoms with Crippen LogP contribution in [0.25, 0.3) is 0 Å². The lowest BCUT2D eigenvalue weighted by Crippen LogP contribution is -2.09. The molecule has 2 unspecified atom stereocenters. The Morgan fingerprint density at radius 1 is 1.47 bits per heavy atom. The molecule has 1 fully saturated rings. The molecule has 15 heavy (non-hydrogen) atoms. The number of hydrogen-bond acceptors (Lipinski definition) is 1. The summed E-state index contributed by atoms with van der Waals surface area (Å²) in [4.78, 5) is 0. The van der Waals surface area contributed by atoms with Crippen molar-refractivity contribution >= 4 is 0 Å². The Kier molecular flexibility index (Phi) is 1.58. The van der Waals surface area contributed by atoms with E-state index in [0.29, 0.717) is 18.0 Å². The molecule has 1 saturated carbocycles. The van der Waals surface area contributed by atoms with Crippen molar-refractivity contribution < 1.29 is 13.2 Å². The van der Waals surface area contributed by atoms with Gasteiger partial charge < -0.3 is 0 Å². The first-order valence-corrected chi connectivity index (χ1v) is 5.19. The Labute approximate surface area is 85.1 Å². The van der Waals surface area contributed by atoms with Gasteiger partial charge in [-0.3, -0.25) is 4.68 Å². The second kappa shape index (κ2) is 2.57. The number of halogens is 3. The van der Waals surface area contributed by atoms with Crippen LogP contribution in [0.1, 0.15) is 36.2 Å². The topological polar surface area (TPSA) is 17.8 Å². The summed E-state index contributed by atoms with van der Waals surface area (Å²) in [5.41, 5.74) is 0.685. The Bertz CT molecular complexity index is 419. The molecule has 0 radical (unpaired) electrons. The second-order valence-corrected chi connectivity index (χ2v) is 4.33. The lowest BCUT2D eigenvalue weighted by atomic mass is 10.1. The maximum absolute atomic E-state index is 12.7. The molecule has 2 nitrogen and oxygen atoms in total. The molecule has 3 rings (SSSR count). The highest BCUT2D eigenvalue weighted by atomic mass is 19.4. The highest BCUT2D eigenvalue weighted by molar-refractivity contribution is 5.42. The first-order valence-electron chi connectivity index (χ1n) is 5.19. The molecule has 1 aromatic rings. The van der Waals surface area contributed by atoms with Gasteiger partial charge >= 0.3 is 6.18 Å². The van der Waals surface area contributed by atoms with E-state index in [0.717, 1.165) is 18.5 Å². The van der Waals surface area contributed by atoms with Crippen molar-refractivity contribution in [2.45, 2.75) is 38.4 Å². The standard InChI is InChI=1S/C10H11F3N2/c1-2-15-7-4-5-3-6(5)8(7)9(14-15)10(11,12)13/h5-6H,2-4H2,1H3. The van der Waals surface area contributed by atoms with Gasteiger partial charge in [-0.1, -0.05) is 0 Å². The zero-order valence-electron chi connectivity index (χ0n) is 8.30. The zero-order chi connectivity index (χ0) is 10.8. The van der Waals surface area contributed by atoms with Gasteiger partial charge in [0.15, 0.2) is 5.69 Å². The first kappa shape index (κ1) is 9.24. The van der Waals surface area contributed by atoms with Crippen molar-refractivity contribution in [3.63, 3.8) is 0 Å². The molecule has 1 heterocycles. The van der Waals surface area contributed by atoms with Gasteiger partial charge in [0.1, 0.15) is 0 Å². The van der Waals surface area contributed by atoms with E-state index in [1.54, 1.807) is 0 Å². The largest absolute Gasteiger partial charge is 0.435 e. The number of aromatic nitrogens is 2. The highest BCUT2D eigenvalue weighted by Crippen LogP contribution is 2.58. The van der Waals surface area contributed by atoms with Crippen LogP contribution in [0.15, 0.2) is 0 Å². The smallest absolute Gasteiger partial charge is 0.269 e. The van der Waals surface area contributed by atoms with E-state index < -0.39 is 11.9 Å². The van der Waals surface area contributed by atoms with Crippen LogP contribution in [0.3, 0.4) is 0 Å². The molecule has 2 aliphatic rings. The summed E-state index contributed by atoms with van der Waals surface area (Å²) >= 11 is 0. The third-order valence-electron chi connectivity index (χ3n) is 3.42. The fraction of sp³-hybridized carbons (Fsp3) is 0.700. The Balaban J connectivity index is 2.16. The van der Waals surface area contributed by atoms with Crippen molar-refractivity contribution in [1.29, 1.82) is 0 Å². The molecule has 0 spiro atoms. The SMILES string of the molecule is CCn1nc(C(F)(F)F)c2c1CC1CC21. The minimum atomic E-state index is -4.29. The summed E-state index contributed by atoms with van der Waals surface area (Å²) in [7, 11) is 0. The molecule has 0 aliphatic heterocycles. The van der Waals surface area contributed by atoms with Crippen LogP contribution in [-0.4, -0.2) is 9.78 Å². The fourth-order valence-electron chi connectivity index (χ4n) is 2.66. The normalized spacial score (nSPS) is 27.7. The lowest BCUT2D eigenvalue weighted by molar-refractivity contribution is -0.142. The van der Waals surface area contributed by atoms with Gasteiger partial charge in [-0.2, -0.15) is 18.3 Å². The molecule has 2 atom stereocenters. The Hall–Kier alpha value is -1.00. The minimum Gasteiger partial charge on any atom is -0.269 e. The summed E-state index contributed by atoms with van der Waals surface area (Å²) < 4.78 is 39.6. The molecule has 0 bridgehead atoms. The van der Waals surface area contributed by atoms with E-state index in [1.165, 1.54) is 4.68 Å². The van der Waals surface area contributed by atoms with Crippen LogP contribution >= 0.6 is 0 Å². The van der Waals surface area contributed by atoms with E-state index in [4.69, 9.17) is 0 Å². The first-order chi connectivity index (χ1) is 7.02. The molecular formula is C10H11F3N2. The number of fused-ring (bicyclic) bond motifs is 3. The van der Waals surface area contributed by atoms with Crippen LogP contribution in [0.4, 0.5) is 13.2 Å². The monoisotopic (exact) mass is 216 g/mol. The number of hydrogen-bond donors (Lipinski definition) is 0. The molecule has 0 amide bonds. The van der Waals surface area contributed by atoms with Gasteiger partial charge in [-0.05, 0) is 31.6 Å². The minimum absolute atomic E-state index is 0.150. The summed E-state index contributed by atoms with van der Waals surface area (Å²) in [5, 5.41) is 3.69. The van der Waals surface area contributed by atoms with E-state index in [-0.39, 0.29) is 5.92 Å². The van der Waals surface area contributed by atoms with E-state index >= 15 is 0 Å². The number of aryl methyl sites for hydroxylation is 1. The Morgan fingerprint density at radius 2 is 2.20 bits per heavy atom. The van der Waals surface area contributed by atoms with E-state index in [1.807, 2.05) is 6.92 Å². The summed E-state index contributed by atoms with van der Waals surface area (Å²) in [5.74, 6) is 0.619. The molecule has 2 aliphatic carbocycles. The van der Waals surface area contributed by atoms with Gasteiger partial charge in [0.05, 0.1) is 0 Å². The zero-order valence-corrected chi connectivity index (χ0v) is 8.30. The van der Waals surface area contributed by atoms with Gasteiger partial charge in [0.2, 0.25) is 0 Å². The third kappa shape index (κ3) is 1.15. The summed E-state index contributed by atoms with van der Waals surface area (Å²) in [6.45, 7) is 2.36. The average Bonchev–Trinajstić information content (AvgIpc) is 2.66. The summed E-state index contributed by atoms with van der Waals surface area (Å²) in [6, 6.07) is 0. The van der Waals surface area contributed by atoms with E-state index in [2.05, 4.69) is 5.10 Å². The maximum atomic E-state index is 12.7. The maximum Gasteiger partial charge on any atom is 0.435 e. The van der Waals surface area contributed by atoms with Crippen molar-refractivity contribution in [1.82, 2.24) is 9.78 Å². The van der Waals surface area contributed by atoms with E-state index in [9.17, 15) is 13.2 Å². The van der Waals surface area contributed by atoms with Crippen LogP contribution < -0.4 is 0 Å². The predicted molar refractivity (Wildman–Crippen MR) is 47.5 cm³/mol. The van der Waals surface area contributed by atoms with Crippen molar-refractivity contribution in [2.75, 3.05) is 0 Å². The second-order valence-electron chi connectivity index (χ2n) is 4.33. The molecule has 0 aromatic carbocycles. The summed E-state index contributed by atoms with van der Waals surface area (Å²) in [6.07, 6.45) is -2.58. The van der Waals surface area contributed by atoms with Crippen LogP contribution in [-0.2, 0) is 19.1 Å². The predicted octanol–water partition coefficient (Wildman–Crippen LogP) is 2.58. The molecule has 1 aromatic heterocycles. The van der Waals surface area contributed by atoms with Crippen LogP contribution in [0.2, 0.25) is 0 Å². The molecular weight excluding hydrogens is 205 g/mol. The van der Waals surface area contributed by atoms with Crippen LogP contribution in [0.5, 0.6) is 0 Å². The van der Waals surface area contributed by atoms with Crippen molar-refractivity contribution in [2.24, 2.45) is 5.92 Å². The van der Waals surface area contributed by atoms with Crippen molar-refractivity contribution in [3.05, 3.63) is 17.0 Å². The third-order valence-corrected chi connectivity index (χ3v) is 3.42. The van der Waals surface area contributed by atoms with Gasteiger partial charge in [-0.15, -0.1) is 0 Å². The molecule has 0 saturated heterocycles. The molecule has 5 heteroatoms. The van der Waals surface area contributed by atoms with Gasteiger partial charge in [0.25, 0.3) is 0 Å². The van der Waals surface area contributed by atoms with Gasteiger partial charge in [0, 0.05) is 17.8 Å². The number of nitrogens with zero attached hydrogens (tertiary/aromatic N) is 2. The van der Waals surface area contributed by atoms with Crippen LogP contribution in [0, 0.1) is 5.92 Å². The fourth-order valence-corrected chi connectivity index (χ4v) is 2.66.